The van der Waals surface area contributed by atoms with Crippen LogP contribution in [-0.2, 0) is 12.7 Å². The molecule has 2 aliphatic carbocycles. The lowest BCUT2D eigenvalue weighted by atomic mass is 9.63. The molecule has 10 heteroatoms. The van der Waals surface area contributed by atoms with Crippen LogP contribution in [0.4, 0.5) is 13.2 Å². The van der Waals surface area contributed by atoms with Crippen LogP contribution in [0, 0.1) is 35.0 Å². The zero-order chi connectivity index (χ0) is 28.9. The van der Waals surface area contributed by atoms with Gasteiger partial charge in [0.1, 0.15) is 5.37 Å². The average Bonchev–Trinajstić information content (AvgIpc) is 3.44. The van der Waals surface area contributed by atoms with Crippen LogP contribution in [0.25, 0.3) is 5.52 Å². The fourth-order valence-corrected chi connectivity index (χ4v) is 9.42. The van der Waals surface area contributed by atoms with Crippen molar-refractivity contribution >= 4 is 17.3 Å². The third-order valence-corrected chi connectivity index (χ3v) is 11.6. The molecule has 2 aromatic heterocycles. The summed E-state index contributed by atoms with van der Waals surface area (Å²) in [5.41, 5.74) is -0.594. The fraction of sp³-hybridized carbons (Fsp3) is 0.742. The van der Waals surface area contributed by atoms with Crippen molar-refractivity contribution in [1.82, 2.24) is 19.2 Å². The van der Waals surface area contributed by atoms with Gasteiger partial charge < -0.3 is 0 Å². The Kier molecular flexibility index (Phi) is 8.25. The lowest BCUT2D eigenvalue weighted by molar-refractivity contribution is -0.136. The van der Waals surface area contributed by atoms with Crippen molar-refractivity contribution in [3.63, 3.8) is 0 Å². The predicted octanol–water partition coefficient (Wildman–Crippen LogP) is 6.44. The largest absolute Gasteiger partial charge is 0.418 e. The summed E-state index contributed by atoms with van der Waals surface area (Å²) in [5, 5.41) is 13.3. The Morgan fingerprint density at radius 1 is 1.10 bits per heavy atom. The Morgan fingerprint density at radius 2 is 1.85 bits per heavy atom. The van der Waals surface area contributed by atoms with Gasteiger partial charge in [0.25, 0.3) is 0 Å². The van der Waals surface area contributed by atoms with Gasteiger partial charge in [-0.2, -0.15) is 18.4 Å². The minimum absolute atomic E-state index is 0.0460. The van der Waals surface area contributed by atoms with Crippen LogP contribution in [-0.4, -0.2) is 43.6 Å². The number of hydrogen-bond donors (Lipinski definition) is 1. The average molecular weight is 590 g/mol. The molecule has 224 valence electrons. The van der Waals surface area contributed by atoms with Gasteiger partial charge in [0.05, 0.1) is 17.1 Å². The van der Waals surface area contributed by atoms with Crippen molar-refractivity contribution in [2.75, 3.05) is 13.1 Å². The Hall–Kier alpha value is -1.96. The molecule has 0 bridgehead atoms. The van der Waals surface area contributed by atoms with Gasteiger partial charge in [0.2, 0.25) is 0 Å². The number of fused-ring (bicyclic) bond motifs is 1. The smallest absolute Gasteiger partial charge is 0.299 e. The third-order valence-electron chi connectivity index (χ3n) is 10.4. The summed E-state index contributed by atoms with van der Waals surface area (Å²) in [6.45, 7) is 6.54. The van der Waals surface area contributed by atoms with Gasteiger partial charge in [-0.25, -0.2) is 4.79 Å². The number of alkyl halides is 3. The molecule has 4 heterocycles. The summed E-state index contributed by atoms with van der Waals surface area (Å²) >= 11 is 1.70. The number of pyridine rings is 1. The summed E-state index contributed by atoms with van der Waals surface area (Å²) in [7, 11) is 0. The zero-order valence-electron chi connectivity index (χ0n) is 24.1. The molecular formula is C31H42F3N5OS. The molecule has 7 atom stereocenters. The molecule has 4 aliphatic rings. The minimum Gasteiger partial charge on any atom is -0.299 e. The second-order valence-electron chi connectivity index (χ2n) is 13.2. The standard InChI is InChI=1S/C31H42F3N5OS/c1-19-6-5-11-37(15-19)16-21-12-25(31(32,33)34)26-18-38(30(40)39(26)17-21)24-10-4-9-23(13-24)28(22-7-3-8-22)29-20(2)41-27(14-35)36-29/h12,17-20,22-24,27-29,36H,3-11,13,15-16H2,1-2H3/t19-,20?,23?,24?,27?,28-,29?/m0/s1. The molecular weight excluding hydrogens is 547 g/mol. The van der Waals surface area contributed by atoms with Gasteiger partial charge >= 0.3 is 11.9 Å². The van der Waals surface area contributed by atoms with Crippen molar-refractivity contribution in [3.8, 4) is 6.07 Å². The topological polar surface area (TPSA) is 65.5 Å². The van der Waals surface area contributed by atoms with E-state index in [1.807, 2.05) is 0 Å². The number of nitrogens with one attached hydrogen (secondary N) is 1. The zero-order valence-corrected chi connectivity index (χ0v) is 24.9. The van der Waals surface area contributed by atoms with E-state index in [9.17, 15) is 23.2 Å². The lowest BCUT2D eigenvalue weighted by Crippen LogP contribution is -2.48. The van der Waals surface area contributed by atoms with E-state index in [-0.39, 0.29) is 28.7 Å². The SMILES string of the molecule is CC1SC(C#N)NC1[C@@H](C1CCC1)C1CCCC(n2cc3c(C(F)(F)F)cc(CN4CCC[C@H](C)C4)cn3c2=O)C1. The van der Waals surface area contributed by atoms with Gasteiger partial charge in [0.15, 0.2) is 0 Å². The number of hydrogen-bond acceptors (Lipinski definition) is 5. The molecule has 2 aliphatic heterocycles. The number of rotatable bonds is 6. The quantitative estimate of drug-likeness (QED) is 0.420. The van der Waals surface area contributed by atoms with Crippen molar-refractivity contribution in [2.45, 2.75) is 107 Å². The van der Waals surface area contributed by atoms with Crippen LogP contribution in [0.15, 0.2) is 23.3 Å². The van der Waals surface area contributed by atoms with Crippen molar-refractivity contribution in [2.24, 2.45) is 23.7 Å². The van der Waals surface area contributed by atoms with E-state index in [0.717, 1.165) is 51.6 Å². The van der Waals surface area contributed by atoms with E-state index in [4.69, 9.17) is 0 Å². The molecule has 2 saturated heterocycles. The van der Waals surface area contributed by atoms with Gasteiger partial charge in [-0.15, -0.1) is 11.8 Å². The first-order valence-electron chi connectivity index (χ1n) is 15.5. The minimum atomic E-state index is -4.54. The first-order chi connectivity index (χ1) is 19.6. The molecule has 2 aromatic rings. The summed E-state index contributed by atoms with van der Waals surface area (Å²) in [6.07, 6.45) is 8.00. The maximum atomic E-state index is 14.3. The number of nitriles is 1. The number of nitrogens with zero attached hydrogens (tertiary/aromatic N) is 4. The fourth-order valence-electron chi connectivity index (χ4n) is 8.27. The molecule has 0 amide bonds. The molecule has 0 aromatic carbocycles. The van der Waals surface area contributed by atoms with Gasteiger partial charge in [-0.05, 0) is 74.0 Å². The normalized spacial score (nSPS) is 32.6. The second-order valence-corrected chi connectivity index (χ2v) is 14.7. The van der Waals surface area contributed by atoms with Crippen molar-refractivity contribution in [3.05, 3.63) is 40.1 Å². The van der Waals surface area contributed by atoms with E-state index < -0.39 is 11.7 Å². The van der Waals surface area contributed by atoms with Gasteiger partial charge in [-0.1, -0.05) is 39.5 Å². The summed E-state index contributed by atoms with van der Waals surface area (Å²) < 4.78 is 45.8. The Labute approximate surface area is 244 Å². The number of likely N-dealkylation sites (tertiary alicyclic amines) is 1. The molecule has 1 N–H and O–H groups in total. The number of imidazole rings is 1. The highest BCUT2D eigenvalue weighted by molar-refractivity contribution is 8.01. The first kappa shape index (κ1) is 29.1. The van der Waals surface area contributed by atoms with E-state index in [1.165, 1.54) is 35.9 Å². The number of thioether (sulfide) groups is 1. The van der Waals surface area contributed by atoms with Crippen LogP contribution in [0.2, 0.25) is 0 Å². The molecule has 5 unspecified atom stereocenters. The van der Waals surface area contributed by atoms with Crippen LogP contribution in [0.3, 0.4) is 0 Å². The Morgan fingerprint density at radius 3 is 2.51 bits per heavy atom. The molecule has 6 rings (SSSR count). The van der Waals surface area contributed by atoms with E-state index >= 15 is 0 Å². The summed E-state index contributed by atoms with van der Waals surface area (Å²) in [4.78, 5) is 16.0. The van der Waals surface area contributed by atoms with Crippen LogP contribution < -0.4 is 11.0 Å². The molecule has 4 fully saturated rings. The van der Waals surface area contributed by atoms with Crippen LogP contribution in [0.5, 0.6) is 0 Å². The maximum absolute atomic E-state index is 14.3. The van der Waals surface area contributed by atoms with Crippen molar-refractivity contribution in [1.29, 1.82) is 5.26 Å². The van der Waals surface area contributed by atoms with E-state index in [2.05, 4.69) is 30.1 Å². The van der Waals surface area contributed by atoms with E-state index in [0.29, 0.717) is 41.0 Å². The predicted molar refractivity (Wildman–Crippen MR) is 156 cm³/mol. The van der Waals surface area contributed by atoms with Gasteiger partial charge in [-0.3, -0.25) is 19.2 Å². The molecule has 0 spiro atoms. The molecule has 2 saturated carbocycles. The number of piperidine rings is 1. The third kappa shape index (κ3) is 5.83. The highest BCUT2D eigenvalue weighted by Gasteiger charge is 2.46. The second kappa shape index (κ2) is 11.6. The van der Waals surface area contributed by atoms with Crippen LogP contribution >= 0.6 is 11.8 Å². The first-order valence-corrected chi connectivity index (χ1v) is 16.4. The summed E-state index contributed by atoms with van der Waals surface area (Å²) in [6, 6.07) is 3.76. The van der Waals surface area contributed by atoms with Gasteiger partial charge in [0, 0.05) is 42.8 Å². The highest BCUT2D eigenvalue weighted by Crippen LogP contribution is 2.49. The molecule has 41 heavy (non-hydrogen) atoms. The van der Waals surface area contributed by atoms with Crippen LogP contribution in [0.1, 0.15) is 88.8 Å². The molecule has 0 radical (unpaired) electrons. The highest BCUT2D eigenvalue weighted by atomic mass is 32.2. The van der Waals surface area contributed by atoms with Crippen molar-refractivity contribution < 1.29 is 13.2 Å². The number of halogens is 3. The Balaban J connectivity index is 1.30. The maximum Gasteiger partial charge on any atom is 0.418 e. The molecule has 6 nitrogen and oxygen atoms in total. The monoisotopic (exact) mass is 589 g/mol. The van der Waals surface area contributed by atoms with E-state index in [1.54, 1.807) is 22.5 Å². The summed E-state index contributed by atoms with van der Waals surface area (Å²) in [5.74, 6) is 1.93. The number of aromatic nitrogens is 2. The lowest BCUT2D eigenvalue weighted by Gasteiger charge is -2.45. The Bertz CT molecular complexity index is 1340.